The highest BCUT2D eigenvalue weighted by Crippen LogP contribution is 2.40. The number of anilines is 2. The molecule has 6 heterocycles. The molecule has 2 aliphatic rings. The van der Waals surface area contributed by atoms with Crippen LogP contribution in [-0.4, -0.2) is 63.1 Å². The maximum Gasteiger partial charge on any atom is 0.210 e. The zero-order valence-corrected chi connectivity index (χ0v) is 23.4. The summed E-state index contributed by atoms with van der Waals surface area (Å²) in [6.07, 6.45) is 8.55. The Kier molecular flexibility index (Phi) is 5.77. The molecule has 208 valence electrons. The van der Waals surface area contributed by atoms with E-state index in [4.69, 9.17) is 26.2 Å². The Labute approximate surface area is 234 Å². The summed E-state index contributed by atoms with van der Waals surface area (Å²) in [6, 6.07) is 1.72. The van der Waals surface area contributed by atoms with Gasteiger partial charge in [-0.2, -0.15) is 10.1 Å². The molecule has 0 spiro atoms. The summed E-state index contributed by atoms with van der Waals surface area (Å²) in [5.41, 5.74) is 2.64. The van der Waals surface area contributed by atoms with E-state index in [9.17, 15) is 5.11 Å². The fourth-order valence-corrected chi connectivity index (χ4v) is 5.45. The highest BCUT2D eigenvalue weighted by molar-refractivity contribution is 6.36. The summed E-state index contributed by atoms with van der Waals surface area (Å²) in [5, 5.41) is 18.9. The van der Waals surface area contributed by atoms with Gasteiger partial charge in [-0.15, -0.1) is 0 Å². The van der Waals surface area contributed by atoms with Crippen molar-refractivity contribution in [2.75, 3.05) is 18.5 Å². The zero-order chi connectivity index (χ0) is 27.8. The van der Waals surface area contributed by atoms with Gasteiger partial charge in [-0.1, -0.05) is 32.4 Å². The maximum atomic E-state index is 10.4. The molecule has 5 aromatic rings. The first-order valence-electron chi connectivity index (χ1n) is 13.3. The highest BCUT2D eigenvalue weighted by atomic mass is 35.5. The number of pyridine rings is 1. The molecule has 13 heteroatoms. The van der Waals surface area contributed by atoms with Crippen LogP contribution in [0.15, 0.2) is 30.9 Å². The fourth-order valence-electron chi connectivity index (χ4n) is 5.15. The van der Waals surface area contributed by atoms with Crippen molar-refractivity contribution in [3.8, 4) is 11.5 Å². The van der Waals surface area contributed by atoms with Gasteiger partial charge >= 0.3 is 0 Å². The van der Waals surface area contributed by atoms with Crippen molar-refractivity contribution in [2.24, 2.45) is 7.05 Å². The number of aryl methyl sites for hydroxylation is 1. The van der Waals surface area contributed by atoms with Gasteiger partial charge in [0, 0.05) is 30.1 Å². The summed E-state index contributed by atoms with van der Waals surface area (Å²) in [5.74, 6) is 3.53. The van der Waals surface area contributed by atoms with Crippen LogP contribution in [0.1, 0.15) is 57.1 Å². The van der Waals surface area contributed by atoms with Gasteiger partial charge in [-0.3, -0.25) is 9.08 Å². The first-order valence-corrected chi connectivity index (χ1v) is 13.7. The summed E-state index contributed by atoms with van der Waals surface area (Å²) in [4.78, 5) is 18.2. The average Bonchev–Trinajstić information content (AvgIpc) is 3.21. The third-order valence-corrected chi connectivity index (χ3v) is 7.81. The number of nitrogens with one attached hydrogen (secondary N) is 1. The van der Waals surface area contributed by atoms with Crippen LogP contribution in [0.3, 0.4) is 0 Å². The van der Waals surface area contributed by atoms with Crippen molar-refractivity contribution in [2.45, 2.75) is 57.1 Å². The van der Waals surface area contributed by atoms with E-state index < -0.39 is 6.10 Å². The number of halogens is 1. The van der Waals surface area contributed by atoms with Gasteiger partial charge in [0.1, 0.15) is 28.5 Å². The molecule has 2 atom stereocenters. The lowest BCUT2D eigenvalue weighted by atomic mass is 9.91. The van der Waals surface area contributed by atoms with Gasteiger partial charge in [0.15, 0.2) is 28.6 Å². The molecule has 1 aliphatic heterocycles. The molecule has 1 aliphatic carbocycles. The number of aromatic nitrogens is 8. The zero-order valence-electron chi connectivity index (χ0n) is 22.7. The number of aliphatic hydroxyl groups is 1. The standard InChI is InChI=1S/C27H30ClN9O3/c1-27(2,3)19-7-20(34-37(19)16-12-39-13-17(16)38)32-26-33-24-23(35(26)4)22(28)18(9-30-24)40-15-8-29-21-10-31-25(14-5-6-14)36(21)11-15/h7-11,14,16-17,38H,5-6,12-13H2,1-4H3,(H,30,32,33,34)/t16-,17+/m1/s1. The Morgan fingerprint density at radius 3 is 2.67 bits per heavy atom. The maximum absolute atomic E-state index is 10.4. The number of aliphatic hydroxyl groups excluding tert-OH is 1. The quantitative estimate of drug-likeness (QED) is 0.306. The monoisotopic (exact) mass is 563 g/mol. The van der Waals surface area contributed by atoms with E-state index in [0.29, 0.717) is 58.6 Å². The first kappa shape index (κ1) is 25.2. The Bertz CT molecular complexity index is 1750. The molecule has 0 bridgehead atoms. The molecule has 40 heavy (non-hydrogen) atoms. The van der Waals surface area contributed by atoms with E-state index in [0.717, 1.165) is 30.0 Å². The lowest BCUT2D eigenvalue weighted by Gasteiger charge is -2.24. The van der Waals surface area contributed by atoms with Crippen LogP contribution in [0.5, 0.6) is 11.5 Å². The van der Waals surface area contributed by atoms with Gasteiger partial charge in [-0.25, -0.2) is 15.0 Å². The molecule has 2 fully saturated rings. The normalized spacial score (nSPS) is 19.6. The molecule has 1 saturated heterocycles. The molecule has 0 aromatic carbocycles. The van der Waals surface area contributed by atoms with Crippen LogP contribution in [0, 0.1) is 0 Å². The molecule has 7 rings (SSSR count). The second kappa shape index (κ2) is 9.15. The van der Waals surface area contributed by atoms with Crippen molar-refractivity contribution in [1.29, 1.82) is 0 Å². The molecule has 1 saturated carbocycles. The molecule has 0 unspecified atom stereocenters. The number of fused-ring (bicyclic) bond motifs is 2. The molecular formula is C27H30ClN9O3. The van der Waals surface area contributed by atoms with E-state index in [1.54, 1.807) is 18.6 Å². The number of rotatable bonds is 6. The van der Waals surface area contributed by atoms with Crippen molar-refractivity contribution >= 4 is 40.2 Å². The lowest BCUT2D eigenvalue weighted by molar-refractivity contribution is 0.117. The van der Waals surface area contributed by atoms with Gasteiger partial charge in [-0.05, 0) is 12.8 Å². The van der Waals surface area contributed by atoms with Crippen LogP contribution in [-0.2, 0) is 17.2 Å². The minimum absolute atomic E-state index is 0.202. The Morgan fingerprint density at radius 1 is 1.12 bits per heavy atom. The second-order valence-electron chi connectivity index (χ2n) is 11.5. The second-order valence-corrected chi connectivity index (χ2v) is 11.9. The SMILES string of the molecule is Cn1c(Nc2cc(C(C)(C)C)n([C@@H]3COC[C@@H]3O)n2)nc2ncc(Oc3cnc4cnc(C5CC5)n4c3)c(Cl)c21. The smallest absolute Gasteiger partial charge is 0.210 e. The number of hydrogen-bond acceptors (Lipinski definition) is 9. The van der Waals surface area contributed by atoms with Gasteiger partial charge in [0.25, 0.3) is 0 Å². The number of imidazole rings is 2. The van der Waals surface area contributed by atoms with Gasteiger partial charge < -0.3 is 24.5 Å². The van der Waals surface area contributed by atoms with Crippen LogP contribution in [0.2, 0.25) is 5.02 Å². The molecule has 5 aromatic heterocycles. The number of nitrogens with zero attached hydrogens (tertiary/aromatic N) is 8. The van der Waals surface area contributed by atoms with E-state index in [2.05, 4.69) is 46.0 Å². The molecule has 0 radical (unpaired) electrons. The van der Waals surface area contributed by atoms with E-state index in [1.807, 2.05) is 33.0 Å². The number of ether oxygens (including phenoxy) is 2. The van der Waals surface area contributed by atoms with Crippen molar-refractivity contribution in [3.05, 3.63) is 47.4 Å². The number of hydrogen-bond donors (Lipinski definition) is 2. The lowest BCUT2D eigenvalue weighted by Crippen LogP contribution is -2.28. The van der Waals surface area contributed by atoms with Crippen molar-refractivity contribution in [1.82, 2.24) is 38.7 Å². The molecule has 0 amide bonds. The van der Waals surface area contributed by atoms with E-state index in [1.165, 1.54) is 0 Å². The van der Waals surface area contributed by atoms with Crippen LogP contribution in [0.4, 0.5) is 11.8 Å². The predicted octanol–water partition coefficient (Wildman–Crippen LogP) is 4.50. The minimum Gasteiger partial charge on any atom is -0.451 e. The van der Waals surface area contributed by atoms with Gasteiger partial charge in [0.2, 0.25) is 5.95 Å². The van der Waals surface area contributed by atoms with Crippen LogP contribution >= 0.6 is 11.6 Å². The summed E-state index contributed by atoms with van der Waals surface area (Å²) in [7, 11) is 1.85. The predicted molar refractivity (Wildman–Crippen MR) is 149 cm³/mol. The summed E-state index contributed by atoms with van der Waals surface area (Å²) >= 11 is 6.84. The largest absolute Gasteiger partial charge is 0.451 e. The Balaban J connectivity index is 1.20. The Morgan fingerprint density at radius 2 is 1.95 bits per heavy atom. The van der Waals surface area contributed by atoms with Crippen LogP contribution < -0.4 is 10.1 Å². The highest BCUT2D eigenvalue weighted by Gasteiger charge is 2.34. The van der Waals surface area contributed by atoms with Crippen molar-refractivity contribution in [3.63, 3.8) is 0 Å². The fraction of sp³-hybridized carbons (Fsp3) is 0.444. The van der Waals surface area contributed by atoms with E-state index in [-0.39, 0.29) is 11.5 Å². The summed E-state index contributed by atoms with van der Waals surface area (Å²) in [6.45, 7) is 7.04. The molecule has 2 N–H and O–H groups in total. The molecular weight excluding hydrogens is 534 g/mol. The minimum atomic E-state index is -0.615. The molecule has 12 nitrogen and oxygen atoms in total. The third-order valence-electron chi connectivity index (χ3n) is 7.44. The van der Waals surface area contributed by atoms with Crippen molar-refractivity contribution < 1.29 is 14.6 Å². The van der Waals surface area contributed by atoms with Gasteiger partial charge in [0.05, 0.1) is 38.0 Å². The average molecular weight is 564 g/mol. The Hall–Kier alpha value is -3.74. The van der Waals surface area contributed by atoms with Crippen LogP contribution in [0.25, 0.3) is 16.8 Å². The van der Waals surface area contributed by atoms with E-state index >= 15 is 0 Å². The summed E-state index contributed by atoms with van der Waals surface area (Å²) < 4.78 is 17.3. The first-order chi connectivity index (χ1) is 19.2. The third kappa shape index (κ3) is 4.27. The topological polar surface area (TPSA) is 129 Å².